The van der Waals surface area contributed by atoms with Crippen molar-refractivity contribution in [2.45, 2.75) is 59.6 Å². The van der Waals surface area contributed by atoms with Gasteiger partial charge in [-0.05, 0) is 57.9 Å². The van der Waals surface area contributed by atoms with E-state index in [0.717, 1.165) is 30.7 Å². The molecule has 19 heavy (non-hydrogen) atoms. The number of benzene rings is 1. The lowest BCUT2D eigenvalue weighted by Gasteiger charge is -2.21. The molecule has 0 heterocycles. The maximum absolute atomic E-state index is 13.8. The van der Waals surface area contributed by atoms with Crippen LogP contribution in [0.5, 0.6) is 5.75 Å². The van der Waals surface area contributed by atoms with E-state index in [1.165, 1.54) is 0 Å². The Morgan fingerprint density at radius 2 is 1.95 bits per heavy atom. The Balaban J connectivity index is 3.01. The quantitative estimate of drug-likeness (QED) is 0.792. The molecule has 2 atom stereocenters. The van der Waals surface area contributed by atoms with E-state index in [2.05, 4.69) is 19.2 Å². The third-order valence-corrected chi connectivity index (χ3v) is 3.36. The van der Waals surface area contributed by atoms with Gasteiger partial charge in [-0.1, -0.05) is 13.8 Å². The summed E-state index contributed by atoms with van der Waals surface area (Å²) in [5, 5.41) is 3.38. The van der Waals surface area contributed by atoms with Crippen LogP contribution in [0.15, 0.2) is 12.1 Å². The van der Waals surface area contributed by atoms with Crippen LogP contribution in [0.1, 0.15) is 57.7 Å². The van der Waals surface area contributed by atoms with Crippen LogP contribution in [-0.2, 0) is 0 Å². The molecule has 0 fully saturated rings. The van der Waals surface area contributed by atoms with Crippen molar-refractivity contribution in [3.8, 4) is 5.75 Å². The van der Waals surface area contributed by atoms with E-state index in [-0.39, 0.29) is 18.0 Å². The minimum absolute atomic E-state index is 0.0918. The second-order valence-electron chi connectivity index (χ2n) is 5.15. The molecule has 0 radical (unpaired) electrons. The maximum Gasteiger partial charge on any atom is 0.126 e. The predicted molar refractivity (Wildman–Crippen MR) is 78.2 cm³/mol. The summed E-state index contributed by atoms with van der Waals surface area (Å²) < 4.78 is 19.7. The first-order valence-electron chi connectivity index (χ1n) is 7.19. The number of hydrogen-bond donors (Lipinski definition) is 1. The van der Waals surface area contributed by atoms with Gasteiger partial charge in [0, 0.05) is 11.6 Å². The van der Waals surface area contributed by atoms with Crippen molar-refractivity contribution in [1.82, 2.24) is 5.32 Å². The molecule has 1 aromatic rings. The molecule has 0 aromatic heterocycles. The number of hydrogen-bond acceptors (Lipinski definition) is 2. The molecule has 1 N–H and O–H groups in total. The summed E-state index contributed by atoms with van der Waals surface area (Å²) in [7, 11) is 0. The fourth-order valence-corrected chi connectivity index (χ4v) is 1.88. The molecule has 2 nitrogen and oxygen atoms in total. The van der Waals surface area contributed by atoms with Crippen LogP contribution >= 0.6 is 0 Å². The monoisotopic (exact) mass is 267 g/mol. The summed E-state index contributed by atoms with van der Waals surface area (Å²) in [4.78, 5) is 0. The molecule has 0 aliphatic carbocycles. The number of halogens is 1. The minimum atomic E-state index is -0.170. The molecular weight excluding hydrogens is 241 g/mol. The summed E-state index contributed by atoms with van der Waals surface area (Å²) in [6, 6.07) is 3.50. The second kappa shape index (κ2) is 7.49. The van der Waals surface area contributed by atoms with E-state index in [1.807, 2.05) is 13.8 Å². The highest BCUT2D eigenvalue weighted by Gasteiger charge is 2.15. The fourth-order valence-electron chi connectivity index (χ4n) is 1.88. The van der Waals surface area contributed by atoms with Gasteiger partial charge in [0.15, 0.2) is 0 Å². The number of ether oxygens (including phenoxy) is 1. The SMILES string of the molecule is CCCNC(C)c1cc(F)c(C)cc1OC(C)CC. The van der Waals surface area contributed by atoms with E-state index in [0.29, 0.717) is 5.56 Å². The van der Waals surface area contributed by atoms with Gasteiger partial charge in [-0.2, -0.15) is 0 Å². The van der Waals surface area contributed by atoms with Gasteiger partial charge in [-0.25, -0.2) is 4.39 Å². The highest BCUT2D eigenvalue weighted by atomic mass is 19.1. The molecule has 3 heteroatoms. The third-order valence-electron chi connectivity index (χ3n) is 3.36. The van der Waals surface area contributed by atoms with Crippen molar-refractivity contribution in [3.63, 3.8) is 0 Å². The van der Waals surface area contributed by atoms with Crippen LogP contribution in [0.3, 0.4) is 0 Å². The topological polar surface area (TPSA) is 21.3 Å². The first-order chi connectivity index (χ1) is 8.99. The Labute approximate surface area is 116 Å². The molecule has 0 spiro atoms. The van der Waals surface area contributed by atoms with Crippen molar-refractivity contribution in [3.05, 3.63) is 29.1 Å². The van der Waals surface area contributed by atoms with Crippen molar-refractivity contribution in [1.29, 1.82) is 0 Å². The zero-order chi connectivity index (χ0) is 14.4. The zero-order valence-electron chi connectivity index (χ0n) is 12.7. The molecule has 108 valence electrons. The molecular formula is C16H26FNO. The van der Waals surface area contributed by atoms with Gasteiger partial charge in [0.2, 0.25) is 0 Å². The Kier molecular flexibility index (Phi) is 6.29. The van der Waals surface area contributed by atoms with E-state index in [4.69, 9.17) is 4.74 Å². The molecule has 0 aliphatic heterocycles. The normalized spacial score (nSPS) is 14.2. The summed E-state index contributed by atoms with van der Waals surface area (Å²) in [6.07, 6.45) is 2.13. The highest BCUT2D eigenvalue weighted by molar-refractivity contribution is 5.40. The lowest BCUT2D eigenvalue weighted by molar-refractivity contribution is 0.213. The first kappa shape index (κ1) is 16.0. The van der Waals surface area contributed by atoms with Crippen LogP contribution < -0.4 is 10.1 Å². The second-order valence-corrected chi connectivity index (χ2v) is 5.15. The van der Waals surface area contributed by atoms with Crippen LogP contribution in [0.2, 0.25) is 0 Å². The average Bonchev–Trinajstić information content (AvgIpc) is 2.39. The third kappa shape index (κ3) is 4.50. The standard InChI is InChI=1S/C16H26FNO/c1-6-8-18-13(5)14-10-15(17)11(3)9-16(14)19-12(4)7-2/h9-10,12-13,18H,6-8H2,1-5H3. The van der Waals surface area contributed by atoms with Crippen LogP contribution in [0.25, 0.3) is 0 Å². The Bertz CT molecular complexity index is 406. The summed E-state index contributed by atoms with van der Waals surface area (Å²) in [5.74, 6) is 0.626. The molecule has 0 bridgehead atoms. The molecule has 1 aromatic carbocycles. The molecule has 0 saturated heterocycles. The van der Waals surface area contributed by atoms with Gasteiger partial charge in [-0.15, -0.1) is 0 Å². The zero-order valence-corrected chi connectivity index (χ0v) is 12.7. The van der Waals surface area contributed by atoms with Crippen LogP contribution in [0.4, 0.5) is 4.39 Å². The maximum atomic E-state index is 13.8. The van der Waals surface area contributed by atoms with E-state index >= 15 is 0 Å². The van der Waals surface area contributed by atoms with Gasteiger partial charge in [0.1, 0.15) is 11.6 Å². The van der Waals surface area contributed by atoms with Gasteiger partial charge < -0.3 is 10.1 Å². The largest absolute Gasteiger partial charge is 0.490 e. The lowest BCUT2D eigenvalue weighted by Crippen LogP contribution is -2.21. The first-order valence-corrected chi connectivity index (χ1v) is 7.19. The van der Waals surface area contributed by atoms with E-state index < -0.39 is 0 Å². The summed E-state index contributed by atoms with van der Waals surface area (Å²) in [5.41, 5.74) is 1.53. The Hall–Kier alpha value is -1.09. The van der Waals surface area contributed by atoms with Gasteiger partial charge in [-0.3, -0.25) is 0 Å². The van der Waals surface area contributed by atoms with Crippen molar-refractivity contribution < 1.29 is 9.13 Å². The Morgan fingerprint density at radius 1 is 1.26 bits per heavy atom. The van der Waals surface area contributed by atoms with E-state index in [1.54, 1.807) is 19.1 Å². The molecule has 2 unspecified atom stereocenters. The van der Waals surface area contributed by atoms with Gasteiger partial charge in [0.05, 0.1) is 6.10 Å². The van der Waals surface area contributed by atoms with Gasteiger partial charge >= 0.3 is 0 Å². The molecule has 1 rings (SSSR count). The highest BCUT2D eigenvalue weighted by Crippen LogP contribution is 2.29. The van der Waals surface area contributed by atoms with Crippen LogP contribution in [-0.4, -0.2) is 12.6 Å². The van der Waals surface area contributed by atoms with Crippen molar-refractivity contribution in [2.24, 2.45) is 0 Å². The number of rotatable bonds is 7. The number of nitrogens with one attached hydrogen (secondary N) is 1. The average molecular weight is 267 g/mol. The number of aryl methyl sites for hydroxylation is 1. The van der Waals surface area contributed by atoms with Crippen LogP contribution in [0, 0.1) is 12.7 Å². The summed E-state index contributed by atoms with van der Waals surface area (Å²) in [6.45, 7) is 11.0. The lowest BCUT2D eigenvalue weighted by atomic mass is 10.0. The van der Waals surface area contributed by atoms with Crippen molar-refractivity contribution in [2.75, 3.05) is 6.54 Å². The van der Waals surface area contributed by atoms with Gasteiger partial charge in [0.25, 0.3) is 0 Å². The predicted octanol–water partition coefficient (Wildman–Crippen LogP) is 4.37. The smallest absolute Gasteiger partial charge is 0.126 e. The summed E-state index contributed by atoms with van der Waals surface area (Å²) >= 11 is 0. The van der Waals surface area contributed by atoms with Crippen molar-refractivity contribution >= 4 is 0 Å². The molecule has 0 aliphatic rings. The fraction of sp³-hybridized carbons (Fsp3) is 0.625. The Morgan fingerprint density at radius 3 is 2.53 bits per heavy atom. The molecule has 0 amide bonds. The van der Waals surface area contributed by atoms with E-state index in [9.17, 15) is 4.39 Å². The molecule has 0 saturated carbocycles. The minimum Gasteiger partial charge on any atom is -0.490 e.